The van der Waals surface area contributed by atoms with Crippen LogP contribution in [0, 0.1) is 17.2 Å². The number of anilines is 1. The Balaban J connectivity index is 2.15. The molecular weight excluding hydrogens is 305 g/mol. The monoisotopic (exact) mass is 327 g/mol. The molecule has 0 aromatic heterocycles. The topological polar surface area (TPSA) is 12.0 Å². The van der Waals surface area contributed by atoms with E-state index in [-0.39, 0.29) is 11.2 Å². The molecule has 1 aliphatic carbocycles. The predicted octanol–water partition coefficient (Wildman–Crippen LogP) is 5.61. The lowest BCUT2D eigenvalue weighted by atomic mass is 9.69. The molecule has 3 heteroatoms. The van der Waals surface area contributed by atoms with Gasteiger partial charge < -0.3 is 5.32 Å². The van der Waals surface area contributed by atoms with Crippen LogP contribution in [0.4, 0.5) is 10.1 Å². The Morgan fingerprint density at radius 1 is 1.21 bits per heavy atom. The summed E-state index contributed by atoms with van der Waals surface area (Å²) in [5, 5.41) is 3.44. The van der Waals surface area contributed by atoms with Crippen molar-refractivity contribution < 1.29 is 4.39 Å². The van der Waals surface area contributed by atoms with Gasteiger partial charge in [0.2, 0.25) is 0 Å². The Kier molecular flexibility index (Phi) is 4.54. The molecule has 1 nitrogen and oxygen atoms in total. The Bertz CT molecular complexity index is 439. The van der Waals surface area contributed by atoms with E-state index in [1.165, 1.54) is 25.3 Å². The van der Waals surface area contributed by atoms with Crippen LogP contribution in [0.3, 0.4) is 0 Å². The molecule has 1 aliphatic rings. The van der Waals surface area contributed by atoms with Crippen LogP contribution >= 0.6 is 15.9 Å². The summed E-state index contributed by atoms with van der Waals surface area (Å²) in [4.78, 5) is 0. The van der Waals surface area contributed by atoms with Gasteiger partial charge in [-0.2, -0.15) is 0 Å². The zero-order valence-electron chi connectivity index (χ0n) is 12.0. The average molecular weight is 328 g/mol. The van der Waals surface area contributed by atoms with Gasteiger partial charge in [-0.3, -0.25) is 0 Å². The molecule has 0 spiro atoms. The van der Waals surface area contributed by atoms with Gasteiger partial charge in [0.1, 0.15) is 5.82 Å². The molecular formula is C16H23BrFN. The normalized spacial score (nSPS) is 24.3. The second kappa shape index (κ2) is 5.82. The van der Waals surface area contributed by atoms with Crippen molar-refractivity contribution in [2.24, 2.45) is 11.3 Å². The highest BCUT2D eigenvalue weighted by Gasteiger charge is 2.34. The SMILES string of the molecule is CC(C)(C)C1CCCCC1Nc1ccc(Br)cc1F. The molecule has 0 saturated heterocycles. The van der Waals surface area contributed by atoms with E-state index in [4.69, 9.17) is 0 Å². The number of rotatable bonds is 2. The molecule has 1 aromatic carbocycles. The lowest BCUT2D eigenvalue weighted by Gasteiger charge is -2.41. The molecule has 2 unspecified atom stereocenters. The smallest absolute Gasteiger partial charge is 0.147 e. The van der Waals surface area contributed by atoms with E-state index in [1.54, 1.807) is 0 Å². The van der Waals surface area contributed by atoms with Crippen molar-refractivity contribution in [3.63, 3.8) is 0 Å². The fourth-order valence-corrected chi connectivity index (χ4v) is 3.48. The Morgan fingerprint density at radius 2 is 1.89 bits per heavy atom. The minimum Gasteiger partial charge on any atom is -0.380 e. The molecule has 106 valence electrons. The highest BCUT2D eigenvalue weighted by atomic mass is 79.9. The van der Waals surface area contributed by atoms with Crippen LogP contribution in [0.25, 0.3) is 0 Å². The molecule has 1 fully saturated rings. The molecule has 0 heterocycles. The minimum atomic E-state index is -0.174. The second-order valence-corrected chi connectivity index (χ2v) is 7.55. The van der Waals surface area contributed by atoms with Gasteiger partial charge in [-0.15, -0.1) is 0 Å². The van der Waals surface area contributed by atoms with E-state index in [2.05, 4.69) is 42.0 Å². The number of benzene rings is 1. The zero-order valence-corrected chi connectivity index (χ0v) is 13.6. The summed E-state index contributed by atoms with van der Waals surface area (Å²) >= 11 is 3.30. The van der Waals surface area contributed by atoms with Crippen molar-refractivity contribution in [3.8, 4) is 0 Å². The summed E-state index contributed by atoms with van der Waals surface area (Å²) in [5.41, 5.74) is 0.897. The maximum absolute atomic E-state index is 13.9. The zero-order chi connectivity index (χ0) is 14.0. The molecule has 1 saturated carbocycles. The lowest BCUT2D eigenvalue weighted by molar-refractivity contribution is 0.162. The summed E-state index contributed by atoms with van der Waals surface area (Å²) in [7, 11) is 0. The van der Waals surface area contributed by atoms with Gasteiger partial charge >= 0.3 is 0 Å². The van der Waals surface area contributed by atoms with E-state index in [0.717, 1.165) is 10.9 Å². The van der Waals surface area contributed by atoms with Gasteiger partial charge in [0.25, 0.3) is 0 Å². The third-order valence-electron chi connectivity index (χ3n) is 4.15. The molecule has 0 amide bonds. The third-order valence-corrected chi connectivity index (χ3v) is 4.64. The molecule has 19 heavy (non-hydrogen) atoms. The minimum absolute atomic E-state index is 0.174. The molecule has 1 aromatic rings. The van der Waals surface area contributed by atoms with Gasteiger partial charge in [0.05, 0.1) is 5.69 Å². The van der Waals surface area contributed by atoms with Crippen LogP contribution in [0.5, 0.6) is 0 Å². The van der Waals surface area contributed by atoms with Crippen LogP contribution in [0.1, 0.15) is 46.5 Å². The fourth-order valence-electron chi connectivity index (χ4n) is 3.15. The standard InChI is InChI=1S/C16H23BrFN/c1-16(2,3)12-6-4-5-7-14(12)19-15-9-8-11(17)10-13(15)18/h8-10,12,14,19H,4-7H2,1-3H3. The summed E-state index contributed by atoms with van der Waals surface area (Å²) in [6.07, 6.45) is 4.90. The number of halogens is 2. The van der Waals surface area contributed by atoms with E-state index in [0.29, 0.717) is 17.6 Å². The highest BCUT2D eigenvalue weighted by molar-refractivity contribution is 9.10. The number of hydrogen-bond acceptors (Lipinski definition) is 1. The molecule has 1 N–H and O–H groups in total. The van der Waals surface area contributed by atoms with Crippen LogP contribution < -0.4 is 5.32 Å². The summed E-state index contributed by atoms with van der Waals surface area (Å²) in [6, 6.07) is 5.62. The van der Waals surface area contributed by atoms with Crippen LogP contribution in [-0.2, 0) is 0 Å². The van der Waals surface area contributed by atoms with Crippen molar-refractivity contribution in [1.29, 1.82) is 0 Å². The Morgan fingerprint density at radius 3 is 2.53 bits per heavy atom. The fraction of sp³-hybridized carbons (Fsp3) is 0.625. The van der Waals surface area contributed by atoms with E-state index in [9.17, 15) is 4.39 Å². The number of hydrogen-bond donors (Lipinski definition) is 1. The lowest BCUT2D eigenvalue weighted by Crippen LogP contribution is -2.40. The quantitative estimate of drug-likeness (QED) is 0.744. The molecule has 0 radical (unpaired) electrons. The largest absolute Gasteiger partial charge is 0.380 e. The molecule has 0 aliphatic heterocycles. The van der Waals surface area contributed by atoms with E-state index in [1.807, 2.05) is 12.1 Å². The average Bonchev–Trinajstić information content (AvgIpc) is 2.32. The summed E-state index contributed by atoms with van der Waals surface area (Å²) < 4.78 is 14.7. The number of nitrogens with one attached hydrogen (secondary N) is 1. The van der Waals surface area contributed by atoms with Gasteiger partial charge in [-0.05, 0) is 42.4 Å². The van der Waals surface area contributed by atoms with Crippen LogP contribution in [0.2, 0.25) is 0 Å². The highest BCUT2D eigenvalue weighted by Crippen LogP contribution is 2.39. The van der Waals surface area contributed by atoms with Gasteiger partial charge in [0, 0.05) is 10.5 Å². The summed E-state index contributed by atoms with van der Waals surface area (Å²) in [6.45, 7) is 6.86. The van der Waals surface area contributed by atoms with Gasteiger partial charge in [0.15, 0.2) is 0 Å². The van der Waals surface area contributed by atoms with Crippen LogP contribution in [0.15, 0.2) is 22.7 Å². The van der Waals surface area contributed by atoms with E-state index >= 15 is 0 Å². The molecule has 2 atom stereocenters. The van der Waals surface area contributed by atoms with Crippen molar-refractivity contribution in [2.75, 3.05) is 5.32 Å². The Hall–Kier alpha value is -0.570. The van der Waals surface area contributed by atoms with Crippen molar-refractivity contribution >= 4 is 21.6 Å². The van der Waals surface area contributed by atoms with Crippen LogP contribution in [-0.4, -0.2) is 6.04 Å². The second-order valence-electron chi connectivity index (χ2n) is 6.63. The first kappa shape index (κ1) is 14.8. The van der Waals surface area contributed by atoms with Crippen molar-refractivity contribution in [1.82, 2.24) is 0 Å². The first-order chi connectivity index (χ1) is 8.88. The first-order valence-electron chi connectivity index (χ1n) is 7.09. The molecule has 2 rings (SSSR count). The molecule has 0 bridgehead atoms. The van der Waals surface area contributed by atoms with Gasteiger partial charge in [-0.1, -0.05) is 49.5 Å². The van der Waals surface area contributed by atoms with E-state index < -0.39 is 0 Å². The maximum Gasteiger partial charge on any atom is 0.147 e. The summed E-state index contributed by atoms with van der Waals surface area (Å²) in [5.74, 6) is 0.428. The van der Waals surface area contributed by atoms with Gasteiger partial charge in [-0.25, -0.2) is 4.39 Å². The predicted molar refractivity (Wildman–Crippen MR) is 82.9 cm³/mol. The van der Waals surface area contributed by atoms with Crippen molar-refractivity contribution in [3.05, 3.63) is 28.5 Å². The maximum atomic E-state index is 13.9. The first-order valence-corrected chi connectivity index (χ1v) is 7.89. The Labute approximate surface area is 124 Å². The van der Waals surface area contributed by atoms with Crippen molar-refractivity contribution in [2.45, 2.75) is 52.5 Å². The third kappa shape index (κ3) is 3.71.